The number of nitrogens with two attached hydrogens (primary N) is 1. The number of primary sulfonamides is 1. The van der Waals surface area contributed by atoms with Crippen LogP contribution in [0.2, 0.25) is 0 Å². The minimum Gasteiger partial charge on any atom is -0.493 e. The Kier molecular flexibility index (Phi) is 3.28. The lowest BCUT2D eigenvalue weighted by Crippen LogP contribution is -2.13. The molecule has 18 heavy (non-hydrogen) atoms. The summed E-state index contributed by atoms with van der Waals surface area (Å²) in [5.41, 5.74) is 0.00731. The van der Waals surface area contributed by atoms with Crippen molar-refractivity contribution < 1.29 is 13.2 Å². The first-order valence-corrected chi connectivity index (χ1v) is 7.13. The molecule has 0 radical (unpaired) electrons. The first-order valence-electron chi connectivity index (χ1n) is 5.58. The van der Waals surface area contributed by atoms with Gasteiger partial charge in [0.1, 0.15) is 5.75 Å². The third-order valence-electron chi connectivity index (χ3n) is 3.11. The van der Waals surface area contributed by atoms with Gasteiger partial charge < -0.3 is 4.74 Å². The second-order valence-electron chi connectivity index (χ2n) is 4.64. The van der Waals surface area contributed by atoms with E-state index in [1.165, 1.54) is 12.1 Å². The molecular weight excluding hydrogens is 252 g/mol. The first-order chi connectivity index (χ1) is 8.45. The molecule has 6 heteroatoms. The fraction of sp³-hybridized carbons (Fsp3) is 0.417. The molecule has 0 atom stereocenters. The largest absolute Gasteiger partial charge is 0.493 e. The average molecular weight is 266 g/mol. The van der Waals surface area contributed by atoms with Crippen molar-refractivity contribution in [3.05, 3.63) is 24.3 Å². The third kappa shape index (κ3) is 3.00. The average Bonchev–Trinajstić information content (AvgIpc) is 3.07. The monoisotopic (exact) mass is 266 g/mol. The molecule has 0 spiro atoms. The van der Waals surface area contributed by atoms with Crippen LogP contribution in [0.25, 0.3) is 0 Å². The number of ether oxygens (including phenoxy) is 1. The minimum absolute atomic E-state index is 0.00731. The van der Waals surface area contributed by atoms with E-state index in [0.717, 1.165) is 12.8 Å². The van der Waals surface area contributed by atoms with Gasteiger partial charge in [0, 0.05) is 11.8 Å². The number of nitrogens with zero attached hydrogens (tertiary/aromatic N) is 1. The van der Waals surface area contributed by atoms with E-state index in [-0.39, 0.29) is 10.3 Å². The highest BCUT2D eigenvalue weighted by molar-refractivity contribution is 7.89. The van der Waals surface area contributed by atoms with Gasteiger partial charge in [0.15, 0.2) is 0 Å². The minimum atomic E-state index is -3.66. The standard InChI is InChI=1S/C12H14N2O3S/c13-8-7-12(5-6-12)9-17-10-1-3-11(4-2-10)18(14,15)16/h1-4H,5-7,9H2,(H2,14,15,16). The van der Waals surface area contributed by atoms with Crippen LogP contribution in [0, 0.1) is 16.7 Å². The normalized spacial score (nSPS) is 16.9. The number of rotatable bonds is 5. The van der Waals surface area contributed by atoms with Gasteiger partial charge in [-0.1, -0.05) is 0 Å². The van der Waals surface area contributed by atoms with Crippen LogP contribution in [0.15, 0.2) is 29.2 Å². The highest BCUT2D eigenvalue weighted by Crippen LogP contribution is 2.48. The molecule has 0 aromatic heterocycles. The molecule has 1 aromatic carbocycles. The Morgan fingerprint density at radius 3 is 2.39 bits per heavy atom. The Morgan fingerprint density at radius 2 is 1.94 bits per heavy atom. The van der Waals surface area contributed by atoms with Crippen molar-refractivity contribution in [2.24, 2.45) is 10.6 Å². The summed E-state index contributed by atoms with van der Waals surface area (Å²) in [7, 11) is -3.66. The highest BCUT2D eigenvalue weighted by atomic mass is 32.2. The summed E-state index contributed by atoms with van der Waals surface area (Å²) >= 11 is 0. The zero-order chi connectivity index (χ0) is 13.2. The number of benzene rings is 1. The Morgan fingerprint density at radius 1 is 1.33 bits per heavy atom. The Hall–Kier alpha value is -1.58. The summed E-state index contributed by atoms with van der Waals surface area (Å²) < 4.78 is 27.7. The van der Waals surface area contributed by atoms with Crippen LogP contribution in [0.3, 0.4) is 0 Å². The lowest BCUT2D eigenvalue weighted by atomic mass is 10.1. The highest BCUT2D eigenvalue weighted by Gasteiger charge is 2.43. The summed E-state index contributed by atoms with van der Waals surface area (Å²) in [4.78, 5) is 0.0630. The van der Waals surface area contributed by atoms with Gasteiger partial charge in [-0.05, 0) is 37.1 Å². The van der Waals surface area contributed by atoms with Crippen molar-refractivity contribution in [1.82, 2.24) is 0 Å². The van der Waals surface area contributed by atoms with Crippen molar-refractivity contribution >= 4 is 10.0 Å². The molecule has 0 aliphatic heterocycles. The summed E-state index contributed by atoms with van der Waals surface area (Å²) in [6, 6.07) is 8.13. The Bertz CT molecular complexity index is 568. The Labute approximate surface area is 106 Å². The van der Waals surface area contributed by atoms with Crippen molar-refractivity contribution in [1.29, 1.82) is 5.26 Å². The van der Waals surface area contributed by atoms with E-state index < -0.39 is 10.0 Å². The number of hydrogen-bond donors (Lipinski definition) is 1. The van der Waals surface area contributed by atoms with Crippen LogP contribution in [-0.2, 0) is 10.0 Å². The molecule has 0 unspecified atom stereocenters. The quantitative estimate of drug-likeness (QED) is 0.871. The summed E-state index contributed by atoms with van der Waals surface area (Å²) in [5.74, 6) is 0.589. The molecule has 0 amide bonds. The van der Waals surface area contributed by atoms with Crippen LogP contribution in [-0.4, -0.2) is 15.0 Å². The SMILES string of the molecule is N#CCC1(COc2ccc(S(N)(=O)=O)cc2)CC1. The van der Waals surface area contributed by atoms with E-state index >= 15 is 0 Å². The molecule has 5 nitrogen and oxygen atoms in total. The van der Waals surface area contributed by atoms with Crippen LogP contribution in [0.1, 0.15) is 19.3 Å². The zero-order valence-electron chi connectivity index (χ0n) is 9.80. The zero-order valence-corrected chi connectivity index (χ0v) is 10.6. The molecular formula is C12H14N2O3S. The number of hydrogen-bond acceptors (Lipinski definition) is 4. The lowest BCUT2D eigenvalue weighted by Gasteiger charge is -2.12. The number of sulfonamides is 1. The van der Waals surface area contributed by atoms with Gasteiger partial charge in [0.05, 0.1) is 17.6 Å². The summed E-state index contributed by atoms with van der Waals surface area (Å²) in [5, 5.41) is 13.7. The van der Waals surface area contributed by atoms with E-state index in [4.69, 9.17) is 15.1 Å². The van der Waals surface area contributed by atoms with Crippen molar-refractivity contribution in [3.63, 3.8) is 0 Å². The van der Waals surface area contributed by atoms with E-state index in [1.807, 2.05) is 0 Å². The molecule has 1 fully saturated rings. The van der Waals surface area contributed by atoms with Crippen LogP contribution in [0.4, 0.5) is 0 Å². The van der Waals surface area contributed by atoms with E-state index in [0.29, 0.717) is 18.8 Å². The van der Waals surface area contributed by atoms with E-state index in [2.05, 4.69) is 6.07 Å². The summed E-state index contributed by atoms with van der Waals surface area (Å²) in [6.07, 6.45) is 2.52. The molecule has 1 aliphatic carbocycles. The Balaban J connectivity index is 1.98. The molecule has 1 saturated carbocycles. The maximum atomic E-state index is 11.1. The first kappa shape index (κ1) is 12.9. The molecule has 0 saturated heterocycles. The molecule has 96 valence electrons. The van der Waals surface area contributed by atoms with Crippen LogP contribution < -0.4 is 9.88 Å². The van der Waals surface area contributed by atoms with E-state index in [9.17, 15) is 8.42 Å². The van der Waals surface area contributed by atoms with Crippen LogP contribution >= 0.6 is 0 Å². The van der Waals surface area contributed by atoms with Gasteiger partial charge in [-0.25, -0.2) is 13.6 Å². The van der Waals surface area contributed by atoms with Gasteiger partial charge >= 0.3 is 0 Å². The van der Waals surface area contributed by atoms with Gasteiger partial charge in [0.25, 0.3) is 0 Å². The van der Waals surface area contributed by atoms with Crippen molar-refractivity contribution in [2.45, 2.75) is 24.2 Å². The topological polar surface area (TPSA) is 93.2 Å². The predicted molar refractivity (Wildman–Crippen MR) is 65.2 cm³/mol. The maximum Gasteiger partial charge on any atom is 0.238 e. The third-order valence-corrected chi connectivity index (χ3v) is 4.04. The lowest BCUT2D eigenvalue weighted by molar-refractivity contribution is 0.236. The molecule has 1 aliphatic rings. The second kappa shape index (κ2) is 4.59. The number of nitriles is 1. The second-order valence-corrected chi connectivity index (χ2v) is 6.20. The maximum absolute atomic E-state index is 11.1. The molecule has 2 N–H and O–H groups in total. The van der Waals surface area contributed by atoms with Crippen molar-refractivity contribution in [2.75, 3.05) is 6.61 Å². The molecule has 2 rings (SSSR count). The molecule has 1 aromatic rings. The summed E-state index contributed by atoms with van der Waals surface area (Å²) in [6.45, 7) is 0.495. The fourth-order valence-electron chi connectivity index (χ4n) is 1.68. The van der Waals surface area contributed by atoms with Crippen LogP contribution in [0.5, 0.6) is 5.75 Å². The molecule has 0 heterocycles. The van der Waals surface area contributed by atoms with E-state index in [1.54, 1.807) is 12.1 Å². The van der Waals surface area contributed by atoms with Gasteiger partial charge in [0.2, 0.25) is 10.0 Å². The predicted octanol–water partition coefficient (Wildman–Crippen LogP) is 1.41. The smallest absolute Gasteiger partial charge is 0.238 e. The van der Waals surface area contributed by atoms with Crippen molar-refractivity contribution in [3.8, 4) is 11.8 Å². The van der Waals surface area contributed by atoms with Gasteiger partial charge in [-0.3, -0.25) is 0 Å². The molecule has 0 bridgehead atoms. The fourth-order valence-corrected chi connectivity index (χ4v) is 2.19. The van der Waals surface area contributed by atoms with Gasteiger partial charge in [-0.2, -0.15) is 5.26 Å². The van der Waals surface area contributed by atoms with Gasteiger partial charge in [-0.15, -0.1) is 0 Å².